The molecule has 4 heteroatoms. The molecule has 1 aromatic carbocycles. The zero-order chi connectivity index (χ0) is 11.2. The Kier molecular flexibility index (Phi) is 1.89. The average Bonchev–Trinajstić information content (AvgIpc) is 2.15. The van der Waals surface area contributed by atoms with Crippen LogP contribution in [0.3, 0.4) is 0 Å². The largest absolute Gasteiger partial charge is 0.324 e. The van der Waals surface area contributed by atoms with Gasteiger partial charge in [0.1, 0.15) is 11.2 Å². The van der Waals surface area contributed by atoms with Gasteiger partial charge >= 0.3 is 0 Å². The number of hydrogen-bond donors (Lipinski definition) is 1. The maximum absolute atomic E-state index is 12.9. The molecule has 1 N–H and O–H groups in total. The summed E-state index contributed by atoms with van der Waals surface area (Å²) < 4.78 is 12.9. The van der Waals surface area contributed by atoms with Crippen molar-refractivity contribution in [2.75, 3.05) is 5.32 Å². The standard InChI is InChI=1S/C11H10FNO2/c1-11(2)9(14)7-4-3-6(12)5-8(7)13-10(11)15/h3-5H,1-2H3,(H,13,15). The summed E-state index contributed by atoms with van der Waals surface area (Å²) >= 11 is 0. The van der Waals surface area contributed by atoms with Crippen LogP contribution in [-0.4, -0.2) is 11.7 Å². The third kappa shape index (κ3) is 1.33. The van der Waals surface area contributed by atoms with Crippen molar-refractivity contribution in [3.05, 3.63) is 29.6 Å². The first kappa shape index (κ1) is 9.83. The molecular formula is C11H10FNO2. The number of Topliss-reactive ketones (excluding diaryl/α,β-unsaturated/α-hetero) is 1. The average molecular weight is 207 g/mol. The van der Waals surface area contributed by atoms with Crippen LogP contribution in [0, 0.1) is 11.2 Å². The van der Waals surface area contributed by atoms with Crippen molar-refractivity contribution < 1.29 is 14.0 Å². The van der Waals surface area contributed by atoms with Gasteiger partial charge in [0.25, 0.3) is 0 Å². The van der Waals surface area contributed by atoms with E-state index < -0.39 is 17.1 Å². The number of rotatable bonds is 0. The van der Waals surface area contributed by atoms with Crippen molar-refractivity contribution in [3.63, 3.8) is 0 Å². The molecule has 1 heterocycles. The Morgan fingerprint density at radius 2 is 1.93 bits per heavy atom. The van der Waals surface area contributed by atoms with Crippen LogP contribution in [-0.2, 0) is 4.79 Å². The van der Waals surface area contributed by atoms with Crippen molar-refractivity contribution in [1.82, 2.24) is 0 Å². The van der Waals surface area contributed by atoms with Gasteiger partial charge in [0.05, 0.1) is 5.69 Å². The maximum Gasteiger partial charge on any atom is 0.237 e. The summed E-state index contributed by atoms with van der Waals surface area (Å²) in [5.41, 5.74) is -0.463. The summed E-state index contributed by atoms with van der Waals surface area (Å²) in [6.45, 7) is 3.11. The highest BCUT2D eigenvalue weighted by Gasteiger charge is 2.41. The molecule has 0 bridgehead atoms. The predicted molar refractivity (Wildman–Crippen MR) is 53.1 cm³/mol. The topological polar surface area (TPSA) is 46.2 Å². The number of nitrogens with one attached hydrogen (secondary N) is 1. The van der Waals surface area contributed by atoms with E-state index in [0.29, 0.717) is 5.56 Å². The Morgan fingerprint density at radius 3 is 2.60 bits per heavy atom. The fourth-order valence-corrected chi connectivity index (χ4v) is 1.54. The summed E-state index contributed by atoms with van der Waals surface area (Å²) in [7, 11) is 0. The molecule has 0 fully saturated rings. The molecular weight excluding hydrogens is 197 g/mol. The minimum atomic E-state index is -1.08. The molecule has 0 aliphatic carbocycles. The molecule has 78 valence electrons. The van der Waals surface area contributed by atoms with Gasteiger partial charge in [-0.1, -0.05) is 0 Å². The smallest absolute Gasteiger partial charge is 0.237 e. The number of halogens is 1. The van der Waals surface area contributed by atoms with E-state index in [1.165, 1.54) is 12.1 Å². The summed E-state index contributed by atoms with van der Waals surface area (Å²) in [6.07, 6.45) is 0. The minimum Gasteiger partial charge on any atom is -0.324 e. The molecule has 3 nitrogen and oxygen atoms in total. The zero-order valence-electron chi connectivity index (χ0n) is 8.43. The van der Waals surface area contributed by atoms with Crippen LogP contribution in [0.5, 0.6) is 0 Å². The van der Waals surface area contributed by atoms with Gasteiger partial charge in [0, 0.05) is 5.56 Å². The second kappa shape index (κ2) is 2.89. The van der Waals surface area contributed by atoms with Crippen molar-refractivity contribution in [2.24, 2.45) is 5.41 Å². The van der Waals surface area contributed by atoms with E-state index in [-0.39, 0.29) is 11.5 Å². The number of carbonyl (C=O) groups is 2. The molecule has 1 aliphatic heterocycles. The monoisotopic (exact) mass is 207 g/mol. The molecule has 15 heavy (non-hydrogen) atoms. The molecule has 0 unspecified atom stereocenters. The van der Waals surface area contributed by atoms with Gasteiger partial charge in [-0.25, -0.2) is 4.39 Å². The first-order valence-electron chi connectivity index (χ1n) is 4.59. The van der Waals surface area contributed by atoms with E-state index in [1.807, 2.05) is 0 Å². The third-order valence-electron chi connectivity index (χ3n) is 2.61. The second-order valence-corrected chi connectivity index (χ2v) is 4.10. The van der Waals surface area contributed by atoms with E-state index in [1.54, 1.807) is 13.8 Å². The zero-order valence-corrected chi connectivity index (χ0v) is 8.43. The Hall–Kier alpha value is -1.71. The van der Waals surface area contributed by atoms with Gasteiger partial charge in [-0.3, -0.25) is 9.59 Å². The molecule has 2 rings (SSSR count). The third-order valence-corrected chi connectivity index (χ3v) is 2.61. The van der Waals surface area contributed by atoms with Gasteiger partial charge in [-0.2, -0.15) is 0 Å². The van der Waals surface area contributed by atoms with Gasteiger partial charge in [0.2, 0.25) is 5.91 Å². The number of fused-ring (bicyclic) bond motifs is 1. The molecule has 1 aromatic rings. The molecule has 0 saturated carbocycles. The fraction of sp³-hybridized carbons (Fsp3) is 0.273. The normalized spacial score (nSPS) is 18.3. The van der Waals surface area contributed by atoms with Crippen LogP contribution < -0.4 is 5.32 Å². The highest BCUT2D eigenvalue weighted by Crippen LogP contribution is 2.33. The van der Waals surface area contributed by atoms with E-state index in [9.17, 15) is 14.0 Å². The summed E-state index contributed by atoms with van der Waals surface area (Å²) in [6, 6.07) is 3.76. The van der Waals surface area contributed by atoms with Crippen molar-refractivity contribution in [3.8, 4) is 0 Å². The van der Waals surface area contributed by atoms with Gasteiger partial charge in [-0.15, -0.1) is 0 Å². The molecule has 0 spiro atoms. The highest BCUT2D eigenvalue weighted by atomic mass is 19.1. The lowest BCUT2D eigenvalue weighted by molar-refractivity contribution is -0.122. The SMILES string of the molecule is CC1(C)C(=O)Nc2cc(F)ccc2C1=O. The first-order valence-corrected chi connectivity index (χ1v) is 4.59. The highest BCUT2D eigenvalue weighted by molar-refractivity contribution is 6.23. The van der Waals surface area contributed by atoms with Crippen LogP contribution in [0.4, 0.5) is 10.1 Å². The summed E-state index contributed by atoms with van der Waals surface area (Å²) in [5, 5.41) is 2.52. The van der Waals surface area contributed by atoms with Gasteiger partial charge in [-0.05, 0) is 32.0 Å². The van der Waals surface area contributed by atoms with Crippen molar-refractivity contribution in [2.45, 2.75) is 13.8 Å². The van der Waals surface area contributed by atoms with Gasteiger partial charge in [0.15, 0.2) is 5.78 Å². The Balaban J connectivity index is 2.61. The Labute approximate surface area is 86.3 Å². The van der Waals surface area contributed by atoms with E-state index in [2.05, 4.69) is 5.32 Å². The molecule has 1 aliphatic rings. The predicted octanol–water partition coefficient (Wildman–Crippen LogP) is 1.99. The first-order chi connectivity index (χ1) is 6.93. The molecule has 0 atom stereocenters. The Bertz CT molecular complexity index is 466. The minimum absolute atomic E-state index is 0.254. The summed E-state index contributed by atoms with van der Waals surface area (Å²) in [4.78, 5) is 23.4. The van der Waals surface area contributed by atoms with E-state index >= 15 is 0 Å². The Morgan fingerprint density at radius 1 is 1.27 bits per heavy atom. The number of benzene rings is 1. The summed E-state index contributed by atoms with van der Waals surface area (Å²) in [5.74, 6) is -1.14. The van der Waals surface area contributed by atoms with Crippen LogP contribution in [0.15, 0.2) is 18.2 Å². The van der Waals surface area contributed by atoms with Crippen LogP contribution in [0.25, 0.3) is 0 Å². The second-order valence-electron chi connectivity index (χ2n) is 4.10. The lowest BCUT2D eigenvalue weighted by Gasteiger charge is -2.28. The molecule has 0 saturated heterocycles. The fourth-order valence-electron chi connectivity index (χ4n) is 1.54. The number of anilines is 1. The molecule has 0 radical (unpaired) electrons. The van der Waals surface area contributed by atoms with E-state index in [4.69, 9.17) is 0 Å². The van der Waals surface area contributed by atoms with Crippen LogP contribution in [0.2, 0.25) is 0 Å². The van der Waals surface area contributed by atoms with Crippen molar-refractivity contribution >= 4 is 17.4 Å². The van der Waals surface area contributed by atoms with Crippen molar-refractivity contribution in [1.29, 1.82) is 0 Å². The maximum atomic E-state index is 12.9. The van der Waals surface area contributed by atoms with Crippen LogP contribution >= 0.6 is 0 Å². The van der Waals surface area contributed by atoms with Gasteiger partial charge < -0.3 is 5.32 Å². The molecule has 0 aromatic heterocycles. The van der Waals surface area contributed by atoms with E-state index in [0.717, 1.165) is 6.07 Å². The lowest BCUT2D eigenvalue weighted by atomic mass is 9.80. The lowest BCUT2D eigenvalue weighted by Crippen LogP contribution is -2.42. The molecule has 1 amide bonds. The van der Waals surface area contributed by atoms with Crippen LogP contribution in [0.1, 0.15) is 24.2 Å². The number of carbonyl (C=O) groups excluding carboxylic acids is 2. The number of amides is 1. The number of hydrogen-bond acceptors (Lipinski definition) is 2. The number of ketones is 1. The quantitative estimate of drug-likeness (QED) is 0.661.